The number of carbonyl (C=O) groups excluding carboxylic acids is 2. The predicted octanol–water partition coefficient (Wildman–Crippen LogP) is 4.62. The topological polar surface area (TPSA) is 79.2 Å². The largest absolute Gasteiger partial charge is 0.467 e. The minimum Gasteiger partial charge on any atom is -0.467 e. The molecular weight excluding hydrogens is 412 g/mol. The Bertz CT molecular complexity index is 996. The molecule has 1 amide bonds. The van der Waals surface area contributed by atoms with Crippen molar-refractivity contribution >= 4 is 11.9 Å². The summed E-state index contributed by atoms with van der Waals surface area (Å²) < 4.78 is 4.88. The van der Waals surface area contributed by atoms with Gasteiger partial charge in [-0.3, -0.25) is 4.79 Å². The standard InChI is InChI=1S/C28H28N2O3/c1-21(20-29)18-25(27(32)33-2)30-26(31)19-28(22-12-6-3-7-13-22,23-14-8-4-9-15-23)24-16-10-5-11-17-24/h3-17,21,25H,18-19H2,1-2H3,(H,30,31)/t21-,25-/m0/s1. The Morgan fingerprint density at radius 1 is 0.879 bits per heavy atom. The van der Waals surface area contributed by atoms with Gasteiger partial charge in [0.05, 0.1) is 18.6 Å². The number of hydrogen-bond donors (Lipinski definition) is 1. The van der Waals surface area contributed by atoms with Crippen LogP contribution in [0.3, 0.4) is 0 Å². The molecule has 3 aromatic rings. The van der Waals surface area contributed by atoms with Crippen LogP contribution in [0.4, 0.5) is 0 Å². The zero-order valence-corrected chi connectivity index (χ0v) is 18.9. The molecule has 33 heavy (non-hydrogen) atoms. The Balaban J connectivity index is 2.07. The first kappa shape index (κ1) is 23.7. The summed E-state index contributed by atoms with van der Waals surface area (Å²) in [4.78, 5) is 25.8. The molecule has 0 bridgehead atoms. The molecular formula is C28H28N2O3. The number of esters is 1. The molecule has 2 atom stereocenters. The molecule has 0 saturated carbocycles. The normalized spacial score (nSPS) is 12.8. The quantitative estimate of drug-likeness (QED) is 0.389. The van der Waals surface area contributed by atoms with Crippen LogP contribution in [0.15, 0.2) is 91.0 Å². The van der Waals surface area contributed by atoms with E-state index in [-0.39, 0.29) is 18.7 Å². The highest BCUT2D eigenvalue weighted by atomic mass is 16.5. The molecule has 0 aliphatic carbocycles. The fourth-order valence-corrected chi connectivity index (χ4v) is 4.22. The molecule has 0 aliphatic rings. The fraction of sp³-hybridized carbons (Fsp3) is 0.250. The molecule has 0 radical (unpaired) electrons. The second kappa shape index (κ2) is 11.1. The summed E-state index contributed by atoms with van der Waals surface area (Å²) in [6.45, 7) is 1.71. The van der Waals surface area contributed by atoms with E-state index >= 15 is 0 Å². The molecule has 3 rings (SSSR count). The number of carbonyl (C=O) groups is 2. The van der Waals surface area contributed by atoms with Crippen molar-refractivity contribution in [3.8, 4) is 6.07 Å². The number of nitrogens with one attached hydrogen (secondary N) is 1. The van der Waals surface area contributed by atoms with E-state index < -0.39 is 23.3 Å². The molecule has 0 heterocycles. The van der Waals surface area contributed by atoms with Crippen LogP contribution in [0, 0.1) is 17.2 Å². The van der Waals surface area contributed by atoms with E-state index in [4.69, 9.17) is 4.74 Å². The van der Waals surface area contributed by atoms with Gasteiger partial charge in [0, 0.05) is 12.3 Å². The number of amides is 1. The lowest BCUT2D eigenvalue weighted by atomic mass is 9.67. The van der Waals surface area contributed by atoms with E-state index in [1.165, 1.54) is 7.11 Å². The van der Waals surface area contributed by atoms with Crippen molar-refractivity contribution in [1.82, 2.24) is 5.32 Å². The van der Waals surface area contributed by atoms with Gasteiger partial charge in [-0.15, -0.1) is 0 Å². The van der Waals surface area contributed by atoms with E-state index in [0.717, 1.165) is 16.7 Å². The first-order valence-electron chi connectivity index (χ1n) is 10.9. The third-order valence-corrected chi connectivity index (χ3v) is 5.86. The van der Waals surface area contributed by atoms with Gasteiger partial charge in [-0.05, 0) is 30.0 Å². The average Bonchev–Trinajstić information content (AvgIpc) is 2.87. The molecule has 0 unspecified atom stereocenters. The van der Waals surface area contributed by atoms with E-state index in [1.807, 2.05) is 91.0 Å². The van der Waals surface area contributed by atoms with Crippen molar-refractivity contribution in [3.05, 3.63) is 108 Å². The Labute approximate surface area is 195 Å². The first-order valence-corrected chi connectivity index (χ1v) is 10.9. The highest BCUT2D eigenvalue weighted by Crippen LogP contribution is 2.42. The zero-order chi connectivity index (χ0) is 23.7. The van der Waals surface area contributed by atoms with Crippen LogP contribution in [0.25, 0.3) is 0 Å². The first-order chi connectivity index (χ1) is 16.0. The predicted molar refractivity (Wildman–Crippen MR) is 127 cm³/mol. The average molecular weight is 441 g/mol. The van der Waals surface area contributed by atoms with Gasteiger partial charge >= 0.3 is 5.97 Å². The highest BCUT2D eigenvalue weighted by Gasteiger charge is 2.39. The molecule has 0 spiro atoms. The van der Waals surface area contributed by atoms with Crippen LogP contribution in [0.5, 0.6) is 0 Å². The molecule has 0 aromatic heterocycles. The van der Waals surface area contributed by atoms with Gasteiger partial charge < -0.3 is 10.1 Å². The van der Waals surface area contributed by atoms with Gasteiger partial charge in [-0.25, -0.2) is 4.79 Å². The zero-order valence-electron chi connectivity index (χ0n) is 18.9. The highest BCUT2D eigenvalue weighted by molar-refractivity contribution is 5.86. The van der Waals surface area contributed by atoms with Crippen molar-refractivity contribution < 1.29 is 14.3 Å². The number of nitrogens with zero attached hydrogens (tertiary/aromatic N) is 1. The monoisotopic (exact) mass is 440 g/mol. The smallest absolute Gasteiger partial charge is 0.328 e. The van der Waals surface area contributed by atoms with Gasteiger partial charge in [-0.2, -0.15) is 5.26 Å². The van der Waals surface area contributed by atoms with Crippen molar-refractivity contribution in [3.63, 3.8) is 0 Å². The van der Waals surface area contributed by atoms with E-state index in [2.05, 4.69) is 11.4 Å². The third kappa shape index (κ3) is 5.48. The summed E-state index contributed by atoms with van der Waals surface area (Å²) in [5.41, 5.74) is 2.14. The van der Waals surface area contributed by atoms with Crippen molar-refractivity contribution in [2.45, 2.75) is 31.2 Å². The Morgan fingerprint density at radius 3 is 1.67 bits per heavy atom. The molecule has 5 nitrogen and oxygen atoms in total. The second-order valence-electron chi connectivity index (χ2n) is 8.09. The van der Waals surface area contributed by atoms with Crippen LogP contribution >= 0.6 is 0 Å². The molecule has 0 aliphatic heterocycles. The number of ether oxygens (including phenoxy) is 1. The molecule has 5 heteroatoms. The van der Waals surface area contributed by atoms with Crippen molar-refractivity contribution in [2.75, 3.05) is 7.11 Å². The van der Waals surface area contributed by atoms with Crippen LogP contribution in [-0.2, 0) is 19.7 Å². The van der Waals surface area contributed by atoms with Crippen LogP contribution in [-0.4, -0.2) is 25.0 Å². The minimum absolute atomic E-state index is 0.0828. The summed E-state index contributed by atoms with van der Waals surface area (Å²) >= 11 is 0. The lowest BCUT2D eigenvalue weighted by Crippen LogP contribution is -2.45. The summed E-state index contributed by atoms with van der Waals surface area (Å²) in [5.74, 6) is -1.26. The molecule has 168 valence electrons. The summed E-state index contributed by atoms with van der Waals surface area (Å²) in [6, 6.07) is 30.9. The number of benzene rings is 3. The van der Waals surface area contributed by atoms with Gasteiger partial charge in [0.25, 0.3) is 0 Å². The number of rotatable bonds is 9. The SMILES string of the molecule is COC(=O)[C@H](C[C@H](C)C#N)NC(=O)CC(c1ccccc1)(c1ccccc1)c1ccccc1. The molecule has 1 N–H and O–H groups in total. The fourth-order valence-electron chi connectivity index (χ4n) is 4.22. The van der Waals surface area contributed by atoms with Gasteiger partial charge in [0.2, 0.25) is 5.91 Å². The van der Waals surface area contributed by atoms with E-state index in [9.17, 15) is 14.9 Å². The van der Waals surface area contributed by atoms with E-state index in [1.54, 1.807) is 6.92 Å². The molecule has 0 saturated heterocycles. The summed E-state index contributed by atoms with van der Waals surface area (Å²) in [6.07, 6.45) is 0.267. The number of nitriles is 1. The van der Waals surface area contributed by atoms with Gasteiger partial charge in [0.1, 0.15) is 6.04 Å². The lowest BCUT2D eigenvalue weighted by molar-refractivity contribution is -0.145. The van der Waals surface area contributed by atoms with Crippen LogP contribution < -0.4 is 5.32 Å². The minimum atomic E-state index is -0.892. The van der Waals surface area contributed by atoms with Gasteiger partial charge in [0.15, 0.2) is 0 Å². The van der Waals surface area contributed by atoms with Crippen LogP contribution in [0.1, 0.15) is 36.5 Å². The van der Waals surface area contributed by atoms with Crippen molar-refractivity contribution in [1.29, 1.82) is 5.26 Å². The molecule has 0 fully saturated rings. The second-order valence-corrected chi connectivity index (χ2v) is 8.09. The maximum absolute atomic E-state index is 13.5. The molecule has 3 aromatic carbocycles. The Morgan fingerprint density at radius 2 is 1.30 bits per heavy atom. The third-order valence-electron chi connectivity index (χ3n) is 5.86. The lowest BCUT2D eigenvalue weighted by Gasteiger charge is -2.36. The maximum atomic E-state index is 13.5. The van der Waals surface area contributed by atoms with Crippen LogP contribution in [0.2, 0.25) is 0 Å². The summed E-state index contributed by atoms with van der Waals surface area (Å²) in [5, 5.41) is 12.0. The Kier molecular flexibility index (Phi) is 7.99. The van der Waals surface area contributed by atoms with Gasteiger partial charge in [-0.1, -0.05) is 91.0 Å². The summed E-state index contributed by atoms with van der Waals surface area (Å²) in [7, 11) is 1.28. The van der Waals surface area contributed by atoms with Crippen molar-refractivity contribution in [2.24, 2.45) is 5.92 Å². The maximum Gasteiger partial charge on any atom is 0.328 e. The number of methoxy groups -OCH3 is 1. The van der Waals surface area contributed by atoms with E-state index in [0.29, 0.717) is 0 Å². The Hall–Kier alpha value is -3.91. The number of hydrogen-bond acceptors (Lipinski definition) is 4.